The van der Waals surface area contributed by atoms with E-state index in [-0.39, 0.29) is 18.2 Å². The molecule has 0 aliphatic carbocycles. The Bertz CT molecular complexity index is 719. The van der Waals surface area contributed by atoms with Gasteiger partial charge in [0.05, 0.1) is 0 Å². The highest BCUT2D eigenvalue weighted by atomic mass is 79.9. The van der Waals surface area contributed by atoms with E-state index in [2.05, 4.69) is 30.8 Å². The van der Waals surface area contributed by atoms with Crippen molar-refractivity contribution in [1.82, 2.24) is 10.1 Å². The number of benzene rings is 1. The molecule has 0 atom stereocenters. The van der Waals surface area contributed by atoms with E-state index in [1.807, 2.05) is 0 Å². The zero-order valence-electron chi connectivity index (χ0n) is 11.8. The van der Waals surface area contributed by atoms with Crippen LogP contribution in [0.4, 0.5) is 8.78 Å². The number of rotatable bonds is 6. The summed E-state index contributed by atoms with van der Waals surface area (Å²) in [4.78, 5) is 15.5. The molecule has 122 valence electrons. The monoisotopic (exact) mass is 388 g/mol. The second kappa shape index (κ2) is 7.82. The number of hydrogen-bond acceptors (Lipinski definition) is 6. The topological polar surface area (TPSA) is 74.5 Å². The van der Waals surface area contributed by atoms with Crippen LogP contribution in [0, 0.1) is 6.92 Å². The number of carbonyl (C=O) groups excluding carboxylic acids is 1. The molecule has 0 fully saturated rings. The van der Waals surface area contributed by atoms with E-state index >= 15 is 0 Å². The summed E-state index contributed by atoms with van der Waals surface area (Å²) in [5.74, 6) is -0.161. The van der Waals surface area contributed by atoms with Crippen LogP contribution in [0.3, 0.4) is 0 Å². The van der Waals surface area contributed by atoms with Crippen molar-refractivity contribution in [1.29, 1.82) is 0 Å². The van der Waals surface area contributed by atoms with Gasteiger partial charge < -0.3 is 14.0 Å². The SMILES string of the molecule is Cc1noc(COC(=O)/C=C/c2cc(Br)ccc2OC(F)F)n1. The number of esters is 1. The summed E-state index contributed by atoms with van der Waals surface area (Å²) in [7, 11) is 0. The van der Waals surface area contributed by atoms with Crippen molar-refractivity contribution in [3.05, 3.63) is 46.0 Å². The maximum absolute atomic E-state index is 12.3. The predicted molar refractivity (Wildman–Crippen MR) is 78.6 cm³/mol. The number of ether oxygens (including phenoxy) is 2. The van der Waals surface area contributed by atoms with E-state index in [1.165, 1.54) is 18.2 Å². The molecule has 0 radical (unpaired) electrons. The van der Waals surface area contributed by atoms with E-state index in [4.69, 9.17) is 9.26 Å². The van der Waals surface area contributed by atoms with Crippen molar-refractivity contribution in [2.24, 2.45) is 0 Å². The number of aryl methyl sites for hydroxylation is 1. The average molecular weight is 389 g/mol. The first kappa shape index (κ1) is 17.1. The normalized spacial score (nSPS) is 11.2. The van der Waals surface area contributed by atoms with Crippen LogP contribution in [-0.4, -0.2) is 22.7 Å². The van der Waals surface area contributed by atoms with Crippen LogP contribution < -0.4 is 4.74 Å². The van der Waals surface area contributed by atoms with Gasteiger partial charge in [-0.2, -0.15) is 13.8 Å². The van der Waals surface area contributed by atoms with E-state index in [9.17, 15) is 13.6 Å². The Morgan fingerprint density at radius 1 is 1.48 bits per heavy atom. The smallest absolute Gasteiger partial charge is 0.387 e. The zero-order valence-corrected chi connectivity index (χ0v) is 13.4. The van der Waals surface area contributed by atoms with E-state index in [1.54, 1.807) is 13.0 Å². The van der Waals surface area contributed by atoms with Gasteiger partial charge >= 0.3 is 12.6 Å². The zero-order chi connectivity index (χ0) is 16.8. The third kappa shape index (κ3) is 5.44. The van der Waals surface area contributed by atoms with Gasteiger partial charge in [-0.25, -0.2) is 4.79 Å². The molecule has 0 unspecified atom stereocenters. The summed E-state index contributed by atoms with van der Waals surface area (Å²) >= 11 is 3.21. The molecule has 0 aliphatic rings. The standard InChI is InChI=1S/C14H11BrF2N2O4/c1-8-18-12(23-19-8)7-21-13(20)5-2-9-6-10(15)3-4-11(9)22-14(16)17/h2-6,14H,7H2,1H3/b5-2+. The fraction of sp³-hybridized carbons (Fsp3) is 0.214. The first-order chi connectivity index (χ1) is 10.9. The second-order valence-electron chi connectivity index (χ2n) is 4.24. The quantitative estimate of drug-likeness (QED) is 0.556. The average Bonchev–Trinajstić information content (AvgIpc) is 2.90. The third-order valence-electron chi connectivity index (χ3n) is 2.49. The van der Waals surface area contributed by atoms with Crippen LogP contribution in [0.5, 0.6) is 5.75 Å². The summed E-state index contributed by atoms with van der Waals surface area (Å²) in [6.07, 6.45) is 2.40. The summed E-state index contributed by atoms with van der Waals surface area (Å²) in [5.41, 5.74) is 0.297. The molecule has 6 nitrogen and oxygen atoms in total. The molecule has 0 spiro atoms. The number of aromatic nitrogens is 2. The van der Waals surface area contributed by atoms with Crippen molar-refractivity contribution in [3.8, 4) is 5.75 Å². The summed E-state index contributed by atoms with van der Waals surface area (Å²) in [6.45, 7) is -1.51. The number of carbonyl (C=O) groups is 1. The van der Waals surface area contributed by atoms with Crippen LogP contribution >= 0.6 is 15.9 Å². The van der Waals surface area contributed by atoms with Crippen LogP contribution in [0.25, 0.3) is 6.08 Å². The van der Waals surface area contributed by atoms with E-state index in [0.29, 0.717) is 15.9 Å². The maximum Gasteiger partial charge on any atom is 0.387 e. The number of hydrogen-bond donors (Lipinski definition) is 0. The predicted octanol–water partition coefficient (Wildman–Crippen LogP) is 3.50. The molecule has 1 aromatic heterocycles. The number of nitrogens with zero attached hydrogens (tertiary/aromatic N) is 2. The molecule has 2 rings (SSSR count). The van der Waals surface area contributed by atoms with Gasteiger partial charge in [0.15, 0.2) is 12.4 Å². The number of alkyl halides is 2. The molecular formula is C14H11BrF2N2O4. The Kier molecular flexibility index (Phi) is 5.80. The lowest BCUT2D eigenvalue weighted by molar-refractivity contribution is -0.139. The van der Waals surface area contributed by atoms with Gasteiger partial charge in [-0.1, -0.05) is 21.1 Å². The molecule has 9 heteroatoms. The molecule has 2 aromatic rings. The van der Waals surface area contributed by atoms with Gasteiger partial charge in [0.25, 0.3) is 5.89 Å². The Hall–Kier alpha value is -2.29. The maximum atomic E-state index is 12.3. The van der Waals surface area contributed by atoms with Gasteiger partial charge in [-0.05, 0) is 31.2 Å². The molecule has 0 amide bonds. The van der Waals surface area contributed by atoms with Gasteiger partial charge in [-0.3, -0.25) is 0 Å². The Morgan fingerprint density at radius 3 is 2.91 bits per heavy atom. The molecule has 0 bridgehead atoms. The largest absolute Gasteiger partial charge is 0.452 e. The highest BCUT2D eigenvalue weighted by Crippen LogP contribution is 2.26. The Balaban J connectivity index is 2.00. The van der Waals surface area contributed by atoms with Gasteiger partial charge in [-0.15, -0.1) is 0 Å². The van der Waals surface area contributed by atoms with E-state index < -0.39 is 12.6 Å². The minimum absolute atomic E-state index is 0.0558. The third-order valence-corrected chi connectivity index (χ3v) is 2.99. The van der Waals surface area contributed by atoms with Crippen molar-refractivity contribution in [2.75, 3.05) is 0 Å². The molecule has 0 saturated carbocycles. The lowest BCUT2D eigenvalue weighted by Crippen LogP contribution is -2.04. The Labute approximate surface area is 138 Å². The van der Waals surface area contributed by atoms with Crippen LogP contribution in [0.15, 0.2) is 33.3 Å². The molecule has 0 N–H and O–H groups in total. The van der Waals surface area contributed by atoms with Crippen LogP contribution in [0.1, 0.15) is 17.3 Å². The molecule has 0 aliphatic heterocycles. The molecular weight excluding hydrogens is 378 g/mol. The highest BCUT2D eigenvalue weighted by molar-refractivity contribution is 9.10. The second-order valence-corrected chi connectivity index (χ2v) is 5.15. The fourth-order valence-electron chi connectivity index (χ4n) is 1.59. The highest BCUT2D eigenvalue weighted by Gasteiger charge is 2.10. The summed E-state index contributed by atoms with van der Waals surface area (Å²) < 4.78 is 39.4. The molecule has 0 saturated heterocycles. The van der Waals surface area contributed by atoms with Crippen molar-refractivity contribution in [2.45, 2.75) is 20.1 Å². The minimum atomic E-state index is -2.96. The van der Waals surface area contributed by atoms with Crippen molar-refractivity contribution in [3.63, 3.8) is 0 Å². The first-order valence-corrected chi connectivity index (χ1v) is 7.11. The van der Waals surface area contributed by atoms with Gasteiger partial charge in [0, 0.05) is 16.1 Å². The minimum Gasteiger partial charge on any atom is -0.452 e. The molecule has 1 aromatic carbocycles. The van der Waals surface area contributed by atoms with Gasteiger partial charge in [0.1, 0.15) is 5.75 Å². The summed E-state index contributed by atoms with van der Waals surface area (Å²) in [5, 5.41) is 3.55. The summed E-state index contributed by atoms with van der Waals surface area (Å²) in [6, 6.07) is 4.44. The van der Waals surface area contributed by atoms with Crippen molar-refractivity contribution >= 4 is 28.0 Å². The lowest BCUT2D eigenvalue weighted by Gasteiger charge is -2.08. The molecule has 1 heterocycles. The van der Waals surface area contributed by atoms with Crippen LogP contribution in [-0.2, 0) is 16.1 Å². The van der Waals surface area contributed by atoms with Gasteiger partial charge in [0.2, 0.25) is 0 Å². The molecule has 23 heavy (non-hydrogen) atoms. The van der Waals surface area contributed by atoms with Crippen molar-refractivity contribution < 1.29 is 27.6 Å². The lowest BCUT2D eigenvalue weighted by atomic mass is 10.2. The fourth-order valence-corrected chi connectivity index (χ4v) is 1.97. The number of halogens is 3. The first-order valence-electron chi connectivity index (χ1n) is 6.32. The Morgan fingerprint density at radius 2 is 2.26 bits per heavy atom. The van der Waals surface area contributed by atoms with Crippen LogP contribution in [0.2, 0.25) is 0 Å². The van der Waals surface area contributed by atoms with E-state index in [0.717, 1.165) is 6.08 Å².